The molecule has 0 unspecified atom stereocenters. The van der Waals surface area contributed by atoms with Crippen molar-refractivity contribution < 1.29 is 14.3 Å². The second kappa shape index (κ2) is 8.54. The van der Waals surface area contributed by atoms with Gasteiger partial charge >= 0.3 is 5.97 Å². The zero-order valence-electron chi connectivity index (χ0n) is 18.6. The lowest BCUT2D eigenvalue weighted by atomic mass is 9.87. The Morgan fingerprint density at radius 1 is 0.970 bits per heavy atom. The van der Waals surface area contributed by atoms with E-state index in [9.17, 15) is 9.59 Å². The highest BCUT2D eigenvalue weighted by atomic mass is 16.5. The molecule has 1 amide bonds. The molecule has 0 bridgehead atoms. The number of para-hydroxylation sites is 2. The van der Waals surface area contributed by atoms with Crippen molar-refractivity contribution in [3.63, 3.8) is 0 Å². The fourth-order valence-electron chi connectivity index (χ4n) is 4.66. The Morgan fingerprint density at radius 3 is 2.42 bits per heavy atom. The van der Waals surface area contributed by atoms with E-state index in [0.29, 0.717) is 12.5 Å². The van der Waals surface area contributed by atoms with Crippen molar-refractivity contribution in [3.8, 4) is 0 Å². The van der Waals surface area contributed by atoms with Crippen LogP contribution in [0.3, 0.4) is 0 Å². The van der Waals surface area contributed by atoms with Gasteiger partial charge in [0.25, 0.3) is 0 Å². The topological polar surface area (TPSA) is 64.4 Å². The maximum atomic E-state index is 14.0. The van der Waals surface area contributed by atoms with Crippen LogP contribution in [0.1, 0.15) is 29.7 Å². The van der Waals surface area contributed by atoms with E-state index in [4.69, 9.17) is 9.72 Å². The van der Waals surface area contributed by atoms with Gasteiger partial charge in [0.15, 0.2) is 5.92 Å². The van der Waals surface area contributed by atoms with Crippen LogP contribution in [0.2, 0.25) is 0 Å². The summed E-state index contributed by atoms with van der Waals surface area (Å²) < 4.78 is 7.46. The molecule has 0 N–H and O–H groups in total. The highest BCUT2D eigenvalue weighted by Crippen LogP contribution is 2.42. The number of carbonyl (C=O) groups excluding carboxylic acids is 2. The van der Waals surface area contributed by atoms with Crippen LogP contribution in [0.5, 0.6) is 0 Å². The second-order valence-electron chi connectivity index (χ2n) is 8.21. The third-order valence-electron chi connectivity index (χ3n) is 6.18. The van der Waals surface area contributed by atoms with Crippen LogP contribution in [-0.4, -0.2) is 28.0 Å². The molecule has 1 aliphatic rings. The number of anilines is 1. The van der Waals surface area contributed by atoms with Gasteiger partial charge in [-0.3, -0.25) is 14.5 Å². The van der Waals surface area contributed by atoms with Gasteiger partial charge in [-0.15, -0.1) is 0 Å². The van der Waals surface area contributed by atoms with Crippen molar-refractivity contribution in [2.45, 2.75) is 26.4 Å². The summed E-state index contributed by atoms with van der Waals surface area (Å²) in [5.74, 6) is -1.29. The summed E-state index contributed by atoms with van der Waals surface area (Å²) in [7, 11) is 0. The van der Waals surface area contributed by atoms with Gasteiger partial charge in [0, 0.05) is 0 Å². The van der Waals surface area contributed by atoms with Gasteiger partial charge in [0.1, 0.15) is 0 Å². The van der Waals surface area contributed by atoms with E-state index in [1.165, 1.54) is 0 Å². The molecule has 0 saturated carbocycles. The molecular formula is C27H25N3O3. The summed E-state index contributed by atoms with van der Waals surface area (Å²) in [5, 5.41) is 0. The summed E-state index contributed by atoms with van der Waals surface area (Å²) >= 11 is 0. The van der Waals surface area contributed by atoms with Gasteiger partial charge in [0.05, 0.1) is 30.2 Å². The minimum atomic E-state index is -1.01. The summed E-state index contributed by atoms with van der Waals surface area (Å²) in [5.41, 5.74) is 4.53. The molecule has 166 valence electrons. The number of nitrogens with zero attached hydrogens (tertiary/aromatic N) is 3. The van der Waals surface area contributed by atoms with Crippen LogP contribution in [-0.2, 0) is 20.9 Å². The highest BCUT2D eigenvalue weighted by Gasteiger charge is 2.48. The summed E-state index contributed by atoms with van der Waals surface area (Å²) in [6, 6.07) is 24.8. The first kappa shape index (κ1) is 20.9. The first-order valence-electron chi connectivity index (χ1n) is 11.1. The first-order valence-corrected chi connectivity index (χ1v) is 11.1. The van der Waals surface area contributed by atoms with Crippen LogP contribution >= 0.6 is 0 Å². The van der Waals surface area contributed by atoms with E-state index in [-0.39, 0.29) is 12.5 Å². The molecule has 6 nitrogen and oxygen atoms in total. The molecule has 5 rings (SSSR count). The zero-order valence-corrected chi connectivity index (χ0v) is 18.6. The van der Waals surface area contributed by atoms with Crippen molar-refractivity contribution in [1.29, 1.82) is 0 Å². The van der Waals surface area contributed by atoms with Gasteiger partial charge in [-0.1, -0.05) is 66.7 Å². The van der Waals surface area contributed by atoms with Gasteiger partial charge in [-0.25, -0.2) is 4.98 Å². The number of esters is 1. The lowest BCUT2D eigenvalue weighted by Crippen LogP contribution is -2.50. The fourth-order valence-corrected chi connectivity index (χ4v) is 4.66. The lowest BCUT2D eigenvalue weighted by Gasteiger charge is -2.38. The molecule has 0 radical (unpaired) electrons. The van der Waals surface area contributed by atoms with E-state index in [1.54, 1.807) is 11.8 Å². The predicted molar refractivity (Wildman–Crippen MR) is 127 cm³/mol. The molecule has 0 fully saturated rings. The van der Waals surface area contributed by atoms with Crippen LogP contribution < -0.4 is 4.90 Å². The number of hydrogen-bond acceptors (Lipinski definition) is 4. The minimum absolute atomic E-state index is 0.208. The molecule has 2 heterocycles. The predicted octanol–water partition coefficient (Wildman–Crippen LogP) is 4.66. The Hall–Kier alpha value is -3.93. The molecule has 33 heavy (non-hydrogen) atoms. The van der Waals surface area contributed by atoms with Gasteiger partial charge in [-0.05, 0) is 42.7 Å². The Labute approximate surface area is 192 Å². The lowest BCUT2D eigenvalue weighted by molar-refractivity contribution is -0.153. The number of benzene rings is 3. The number of aryl methyl sites for hydroxylation is 1. The number of aromatic nitrogens is 2. The van der Waals surface area contributed by atoms with Crippen molar-refractivity contribution in [2.24, 2.45) is 5.92 Å². The van der Waals surface area contributed by atoms with Crippen molar-refractivity contribution >= 4 is 28.9 Å². The average molecular weight is 440 g/mol. The Bertz CT molecular complexity index is 1330. The molecule has 2 atom stereocenters. The molecule has 1 aromatic heterocycles. The highest BCUT2D eigenvalue weighted by molar-refractivity contribution is 6.08. The number of amides is 1. The molecule has 0 spiro atoms. The van der Waals surface area contributed by atoms with Gasteiger partial charge in [-0.2, -0.15) is 0 Å². The summed E-state index contributed by atoms with van der Waals surface area (Å²) in [4.78, 5) is 33.7. The van der Waals surface area contributed by atoms with E-state index in [1.807, 2.05) is 90.4 Å². The third kappa shape index (κ3) is 3.57. The number of rotatable bonds is 5. The summed E-state index contributed by atoms with van der Waals surface area (Å²) in [6.07, 6.45) is 0. The number of ether oxygens (including phenoxy) is 1. The minimum Gasteiger partial charge on any atom is -0.465 e. The normalized spacial score (nSPS) is 17.8. The van der Waals surface area contributed by atoms with Crippen molar-refractivity contribution in [2.75, 3.05) is 11.5 Å². The maximum Gasteiger partial charge on any atom is 0.321 e. The van der Waals surface area contributed by atoms with Crippen LogP contribution in [0.4, 0.5) is 5.95 Å². The largest absolute Gasteiger partial charge is 0.465 e. The molecule has 0 aliphatic carbocycles. The first-order chi connectivity index (χ1) is 16.1. The smallest absolute Gasteiger partial charge is 0.321 e. The van der Waals surface area contributed by atoms with Gasteiger partial charge < -0.3 is 9.30 Å². The van der Waals surface area contributed by atoms with Crippen molar-refractivity contribution in [1.82, 2.24) is 9.55 Å². The molecule has 6 heteroatoms. The summed E-state index contributed by atoms with van der Waals surface area (Å²) in [6.45, 7) is 4.28. The van der Waals surface area contributed by atoms with Gasteiger partial charge in [0.2, 0.25) is 11.9 Å². The van der Waals surface area contributed by atoms with Crippen LogP contribution in [0.25, 0.3) is 11.0 Å². The standard InChI is InChI=1S/C27H25N3O3/c1-3-33-26(32)23-24(20-14-8-7-11-18(20)2)30-22-16-10-9-15-21(22)28-27(30)29(25(23)31)17-19-12-5-4-6-13-19/h4-16,23-24H,3,17H2,1-2H3/t23-,24+/m1/s1. The van der Waals surface area contributed by atoms with E-state index >= 15 is 0 Å². The average Bonchev–Trinajstić information content (AvgIpc) is 3.21. The van der Waals surface area contributed by atoms with E-state index in [0.717, 1.165) is 27.7 Å². The Balaban J connectivity index is 1.77. The van der Waals surface area contributed by atoms with Crippen LogP contribution in [0, 0.1) is 12.8 Å². The number of imidazole rings is 1. The molecule has 1 aliphatic heterocycles. The fraction of sp³-hybridized carbons (Fsp3) is 0.222. The molecule has 3 aromatic carbocycles. The molecule has 4 aromatic rings. The van der Waals surface area contributed by atoms with Crippen molar-refractivity contribution in [3.05, 3.63) is 95.6 Å². The monoisotopic (exact) mass is 439 g/mol. The quantitative estimate of drug-likeness (QED) is 0.335. The zero-order chi connectivity index (χ0) is 22.9. The van der Waals surface area contributed by atoms with E-state index < -0.39 is 17.9 Å². The third-order valence-corrected chi connectivity index (χ3v) is 6.18. The second-order valence-corrected chi connectivity index (χ2v) is 8.21. The maximum absolute atomic E-state index is 14.0. The number of hydrogen-bond donors (Lipinski definition) is 0. The van der Waals surface area contributed by atoms with E-state index in [2.05, 4.69) is 0 Å². The molecular weight excluding hydrogens is 414 g/mol. The SMILES string of the molecule is CCOC(=O)[C@H]1C(=O)N(Cc2ccccc2)c2nc3ccccc3n2[C@H]1c1ccccc1C. The molecule has 0 saturated heterocycles. The Kier molecular flexibility index (Phi) is 5.42. The Morgan fingerprint density at radius 2 is 1.67 bits per heavy atom. The van der Waals surface area contributed by atoms with Crippen LogP contribution in [0.15, 0.2) is 78.9 Å². The number of fused-ring (bicyclic) bond motifs is 3. The number of carbonyl (C=O) groups is 2.